The minimum Gasteiger partial charge on any atom is -0.463 e. The molecule has 46 heavy (non-hydrogen) atoms. The molecule has 10 atom stereocenters. The summed E-state index contributed by atoms with van der Waals surface area (Å²) in [5.41, 5.74) is -2.42. The number of carbonyl (C=O) groups excluding carboxylic acids is 3. The highest BCUT2D eigenvalue weighted by Crippen LogP contribution is 2.38. The van der Waals surface area contributed by atoms with E-state index in [-0.39, 0.29) is 48.3 Å². The maximum atomic E-state index is 14.2. The molecule has 0 aromatic rings. The van der Waals surface area contributed by atoms with Crippen LogP contribution in [-0.4, -0.2) is 160 Å². The van der Waals surface area contributed by atoms with Crippen LogP contribution in [0.2, 0.25) is 0 Å². The quantitative estimate of drug-likeness (QED) is 0.319. The molecule has 0 bridgehead atoms. The summed E-state index contributed by atoms with van der Waals surface area (Å²) >= 11 is 0. The van der Waals surface area contributed by atoms with Crippen molar-refractivity contribution in [1.29, 1.82) is 0 Å². The number of likely N-dealkylation sites (tertiary alicyclic amines) is 1. The fraction of sp³-hybridized carbons (Fsp3) is 0.912. The zero-order chi connectivity index (χ0) is 34.7. The zero-order valence-electron chi connectivity index (χ0n) is 30.4. The van der Waals surface area contributed by atoms with Gasteiger partial charge in [-0.3, -0.25) is 19.3 Å². The molecule has 1 N–H and O–H groups in total. The molecule has 0 aromatic heterocycles. The van der Waals surface area contributed by atoms with Gasteiger partial charge in [-0.25, -0.2) is 0 Å². The Hall–Kier alpha value is -1.67. The van der Waals surface area contributed by atoms with E-state index in [1.54, 1.807) is 27.9 Å². The Kier molecular flexibility index (Phi) is 13.2. The Morgan fingerprint density at radius 3 is 2.33 bits per heavy atom. The third kappa shape index (κ3) is 8.86. The summed E-state index contributed by atoms with van der Waals surface area (Å²) < 4.78 is 24.9. The van der Waals surface area contributed by atoms with E-state index in [0.717, 1.165) is 6.42 Å². The van der Waals surface area contributed by atoms with Crippen molar-refractivity contribution < 1.29 is 38.4 Å². The van der Waals surface area contributed by atoms with Crippen molar-refractivity contribution in [2.45, 2.75) is 103 Å². The number of methoxy groups -OCH3 is 1. The molecule has 12 heteroatoms. The molecule has 3 saturated heterocycles. The number of Topliss-reactive ketones (excluding diaryl/α,β-unsaturated/α-hetero) is 1. The highest BCUT2D eigenvalue weighted by Gasteiger charge is 2.51. The number of aliphatic hydroxyl groups excluding tert-OH is 1. The maximum absolute atomic E-state index is 14.2. The van der Waals surface area contributed by atoms with Crippen LogP contribution in [0.4, 0.5) is 0 Å². The van der Waals surface area contributed by atoms with Crippen LogP contribution in [0.5, 0.6) is 0 Å². The smallest absolute Gasteiger partial charge is 0.319 e. The van der Waals surface area contributed by atoms with E-state index in [0.29, 0.717) is 39.0 Å². The van der Waals surface area contributed by atoms with Crippen LogP contribution in [-0.2, 0) is 33.3 Å². The van der Waals surface area contributed by atoms with E-state index in [4.69, 9.17) is 18.9 Å². The number of esters is 1. The summed E-state index contributed by atoms with van der Waals surface area (Å²) in [5.74, 6) is -1.42. The van der Waals surface area contributed by atoms with Gasteiger partial charge in [-0.05, 0) is 94.0 Å². The van der Waals surface area contributed by atoms with E-state index in [2.05, 4.69) is 11.8 Å². The van der Waals surface area contributed by atoms with Crippen molar-refractivity contribution in [3.05, 3.63) is 0 Å². The number of ether oxygens (including phenoxy) is 4. The summed E-state index contributed by atoms with van der Waals surface area (Å²) in [4.78, 5) is 48.7. The molecule has 3 aliphatic rings. The second-order valence-electron chi connectivity index (χ2n) is 15.5. The molecule has 1 amide bonds. The standard InChI is InChI=1S/C34H62N4O8/c1-21-16-34(6,43-12)30(46-31-28(40)25(36(9)10)15-22(2)45-31)23(3)29(41)33(4,5)32(42)44-20-26(37(11)17-21)24-13-14-38(18-24)27(39)19-35(7)8/h21-26,28,30-31,40H,13-20H2,1-12H3/t21-,22-,23+,24?,25+,26-,28-,30-,31+,34-/m1/s1. The maximum Gasteiger partial charge on any atom is 0.319 e. The minimum absolute atomic E-state index is 0.0890. The van der Waals surface area contributed by atoms with Crippen LogP contribution in [0, 0.1) is 23.2 Å². The lowest BCUT2D eigenvalue weighted by Crippen LogP contribution is -2.59. The van der Waals surface area contributed by atoms with Crippen LogP contribution < -0.4 is 0 Å². The fourth-order valence-electron chi connectivity index (χ4n) is 7.76. The van der Waals surface area contributed by atoms with E-state index in [1.807, 2.05) is 63.8 Å². The van der Waals surface area contributed by atoms with E-state index in [1.165, 1.54) is 0 Å². The number of nitrogens with zero attached hydrogens (tertiary/aromatic N) is 4. The first kappa shape index (κ1) is 38.8. The number of aliphatic hydroxyl groups is 1. The van der Waals surface area contributed by atoms with E-state index >= 15 is 0 Å². The van der Waals surface area contributed by atoms with Gasteiger partial charge in [0.2, 0.25) is 5.91 Å². The third-order valence-corrected chi connectivity index (χ3v) is 10.5. The molecule has 3 aliphatic heterocycles. The molecule has 266 valence electrons. The van der Waals surface area contributed by atoms with Crippen molar-refractivity contribution in [2.75, 3.05) is 75.1 Å². The number of ketones is 1. The molecule has 3 fully saturated rings. The van der Waals surface area contributed by atoms with Crippen molar-refractivity contribution in [1.82, 2.24) is 19.6 Å². The van der Waals surface area contributed by atoms with Crippen LogP contribution in [0.1, 0.15) is 60.8 Å². The lowest BCUT2D eigenvalue weighted by Gasteiger charge is -2.47. The minimum atomic E-state index is -1.46. The van der Waals surface area contributed by atoms with Gasteiger partial charge in [0.25, 0.3) is 0 Å². The Morgan fingerprint density at radius 2 is 1.74 bits per heavy atom. The average molecular weight is 655 g/mol. The Balaban J connectivity index is 1.95. The first-order chi connectivity index (χ1) is 21.3. The highest BCUT2D eigenvalue weighted by molar-refractivity contribution is 6.04. The molecule has 0 radical (unpaired) electrons. The van der Waals surface area contributed by atoms with E-state index < -0.39 is 41.4 Å². The zero-order valence-corrected chi connectivity index (χ0v) is 30.4. The second-order valence-corrected chi connectivity index (χ2v) is 15.5. The van der Waals surface area contributed by atoms with Crippen molar-refractivity contribution in [3.8, 4) is 0 Å². The highest BCUT2D eigenvalue weighted by atomic mass is 16.7. The molecule has 3 rings (SSSR count). The van der Waals surface area contributed by atoms with Crippen LogP contribution in [0.25, 0.3) is 0 Å². The third-order valence-electron chi connectivity index (χ3n) is 10.5. The lowest BCUT2D eigenvalue weighted by atomic mass is 9.74. The molecule has 3 heterocycles. The largest absolute Gasteiger partial charge is 0.463 e. The van der Waals surface area contributed by atoms with Gasteiger partial charge in [-0.15, -0.1) is 0 Å². The summed E-state index contributed by atoms with van der Waals surface area (Å²) in [6, 6.07) is -0.326. The molecule has 0 spiro atoms. The van der Waals surface area contributed by atoms with Gasteiger partial charge < -0.3 is 38.8 Å². The Bertz CT molecular complexity index is 1060. The molecule has 0 saturated carbocycles. The van der Waals surface area contributed by atoms with Crippen molar-refractivity contribution >= 4 is 17.7 Å². The molecular weight excluding hydrogens is 592 g/mol. The monoisotopic (exact) mass is 654 g/mol. The number of likely N-dealkylation sites (N-methyl/N-ethyl adjacent to an activating group) is 3. The van der Waals surface area contributed by atoms with Gasteiger partial charge >= 0.3 is 5.97 Å². The predicted octanol–water partition coefficient (Wildman–Crippen LogP) is 1.73. The summed E-state index contributed by atoms with van der Waals surface area (Å²) in [6.07, 6.45) is -0.944. The topological polar surface area (TPSA) is 121 Å². The number of carbonyl (C=O) groups is 3. The fourth-order valence-corrected chi connectivity index (χ4v) is 7.76. The van der Waals surface area contributed by atoms with Gasteiger partial charge in [0.05, 0.1) is 24.4 Å². The molecule has 1 unspecified atom stereocenters. The van der Waals surface area contributed by atoms with Crippen molar-refractivity contribution in [2.24, 2.45) is 23.2 Å². The van der Waals surface area contributed by atoms with Gasteiger partial charge in [-0.2, -0.15) is 0 Å². The summed E-state index contributed by atoms with van der Waals surface area (Å²) in [7, 11) is 11.2. The predicted molar refractivity (Wildman–Crippen MR) is 175 cm³/mol. The average Bonchev–Trinajstić information content (AvgIpc) is 3.45. The summed E-state index contributed by atoms with van der Waals surface area (Å²) in [5, 5.41) is 11.3. The van der Waals surface area contributed by atoms with E-state index in [9.17, 15) is 19.5 Å². The first-order valence-corrected chi connectivity index (χ1v) is 16.9. The number of hydrogen-bond acceptors (Lipinski definition) is 11. The number of amides is 1. The number of rotatable bonds is 7. The van der Waals surface area contributed by atoms with Crippen LogP contribution in [0.3, 0.4) is 0 Å². The second kappa shape index (κ2) is 15.7. The first-order valence-electron chi connectivity index (χ1n) is 16.9. The SMILES string of the molecule is CO[C@]1(C)C[C@@H](C)CN(C)[C@@H](C2CCN(C(=O)CN(C)C)C2)COC(=O)C(C)(C)C(=O)[C@H](C)[C@H]1O[C@@H]1O[C@H](C)C[C@H](N(C)C)[C@H]1O. The van der Waals surface area contributed by atoms with Crippen molar-refractivity contribution in [3.63, 3.8) is 0 Å². The lowest BCUT2D eigenvalue weighted by molar-refractivity contribution is -0.295. The van der Waals surface area contributed by atoms with Crippen LogP contribution in [0.15, 0.2) is 0 Å². The van der Waals surface area contributed by atoms with Gasteiger partial charge in [0.1, 0.15) is 18.1 Å². The van der Waals surface area contributed by atoms with Gasteiger partial charge in [-0.1, -0.05) is 13.8 Å². The number of hydrogen-bond donors (Lipinski definition) is 1. The molecular formula is C34H62N4O8. The number of cyclic esters (lactones) is 1. The molecule has 12 nitrogen and oxygen atoms in total. The molecule has 0 aromatic carbocycles. The van der Waals surface area contributed by atoms with Crippen LogP contribution >= 0.6 is 0 Å². The molecule has 0 aliphatic carbocycles. The summed E-state index contributed by atoms with van der Waals surface area (Å²) in [6.45, 7) is 13.4. The van der Waals surface area contributed by atoms with Gasteiger partial charge in [0.15, 0.2) is 12.1 Å². The Labute approximate surface area is 277 Å². The Morgan fingerprint density at radius 1 is 1.09 bits per heavy atom. The normalized spacial score (nSPS) is 38.8. The van der Waals surface area contributed by atoms with Gasteiger partial charge in [0, 0.05) is 44.7 Å².